The Balaban J connectivity index is 1.70. The first-order chi connectivity index (χ1) is 10.2. The Bertz CT molecular complexity index is 642. The molecule has 0 saturated heterocycles. The molecular formula is C17H18N2O2. The lowest BCUT2D eigenvalue weighted by Crippen LogP contribution is -2.40. The number of nitrogens with two attached hydrogens (primary N) is 1. The average Bonchev–Trinajstić information content (AvgIpc) is 2.74. The van der Waals surface area contributed by atoms with Gasteiger partial charge in [0, 0.05) is 23.7 Å². The van der Waals surface area contributed by atoms with Crippen LogP contribution >= 0.6 is 0 Å². The molecule has 0 spiro atoms. The van der Waals surface area contributed by atoms with Crippen LogP contribution in [0.1, 0.15) is 27.7 Å². The molecule has 3 N–H and O–H groups in total. The van der Waals surface area contributed by atoms with E-state index in [4.69, 9.17) is 5.73 Å². The van der Waals surface area contributed by atoms with Crippen molar-refractivity contribution in [3.63, 3.8) is 0 Å². The third kappa shape index (κ3) is 2.68. The maximum Gasteiger partial charge on any atom is 0.256 e. The standard InChI is InChI=1S/C17H18N2O2/c18-13(10-12-6-2-1-3-7-12)11-19-16(20)14-8-4-5-9-15(14)17(19)21/h1-9,13,16,20H,10-11,18H2/t13-,16?/m0/s1. The first kappa shape index (κ1) is 13.8. The molecule has 2 aromatic rings. The minimum Gasteiger partial charge on any atom is -0.369 e. The van der Waals surface area contributed by atoms with Gasteiger partial charge in [0.25, 0.3) is 5.91 Å². The monoisotopic (exact) mass is 282 g/mol. The number of aliphatic hydroxyl groups excluding tert-OH is 1. The Morgan fingerprint density at radius 2 is 1.76 bits per heavy atom. The zero-order valence-electron chi connectivity index (χ0n) is 11.6. The third-order valence-electron chi connectivity index (χ3n) is 3.80. The zero-order valence-corrected chi connectivity index (χ0v) is 11.6. The normalized spacial score (nSPS) is 18.7. The molecule has 2 atom stereocenters. The number of carbonyl (C=O) groups is 1. The Morgan fingerprint density at radius 1 is 1.10 bits per heavy atom. The molecule has 1 heterocycles. The molecule has 2 aromatic carbocycles. The van der Waals surface area contributed by atoms with Gasteiger partial charge in [0.2, 0.25) is 0 Å². The van der Waals surface area contributed by atoms with Gasteiger partial charge in [-0.1, -0.05) is 48.5 Å². The predicted octanol–water partition coefficient (Wildman–Crippen LogP) is 1.70. The number of rotatable bonds is 4. The number of hydrogen-bond acceptors (Lipinski definition) is 3. The molecule has 0 fully saturated rings. The van der Waals surface area contributed by atoms with E-state index in [9.17, 15) is 9.90 Å². The number of nitrogens with zero attached hydrogens (tertiary/aromatic N) is 1. The predicted molar refractivity (Wildman–Crippen MR) is 80.6 cm³/mol. The van der Waals surface area contributed by atoms with Gasteiger partial charge < -0.3 is 15.7 Å². The van der Waals surface area contributed by atoms with E-state index in [-0.39, 0.29) is 11.9 Å². The van der Waals surface area contributed by atoms with Crippen molar-refractivity contribution in [3.8, 4) is 0 Å². The van der Waals surface area contributed by atoms with E-state index in [1.54, 1.807) is 18.2 Å². The van der Waals surface area contributed by atoms with Crippen molar-refractivity contribution in [1.29, 1.82) is 0 Å². The maximum absolute atomic E-state index is 12.3. The number of fused-ring (bicyclic) bond motifs is 1. The van der Waals surface area contributed by atoms with Crippen LogP contribution in [0.4, 0.5) is 0 Å². The smallest absolute Gasteiger partial charge is 0.256 e. The van der Waals surface area contributed by atoms with Crippen molar-refractivity contribution in [3.05, 3.63) is 71.3 Å². The lowest BCUT2D eigenvalue weighted by Gasteiger charge is -2.24. The van der Waals surface area contributed by atoms with Crippen LogP contribution in [0.25, 0.3) is 0 Å². The fourth-order valence-corrected chi connectivity index (χ4v) is 2.77. The number of amides is 1. The van der Waals surface area contributed by atoms with Crippen LogP contribution in [0.2, 0.25) is 0 Å². The first-order valence-electron chi connectivity index (χ1n) is 7.04. The van der Waals surface area contributed by atoms with E-state index in [0.29, 0.717) is 24.1 Å². The minimum atomic E-state index is -0.893. The van der Waals surface area contributed by atoms with Crippen LogP contribution < -0.4 is 5.73 Å². The average molecular weight is 282 g/mol. The third-order valence-corrected chi connectivity index (χ3v) is 3.80. The van der Waals surface area contributed by atoms with E-state index >= 15 is 0 Å². The Hall–Kier alpha value is -2.17. The molecule has 4 heteroatoms. The second kappa shape index (κ2) is 5.68. The summed E-state index contributed by atoms with van der Waals surface area (Å²) in [6.45, 7) is 0.337. The van der Waals surface area contributed by atoms with Crippen LogP contribution in [0.5, 0.6) is 0 Å². The maximum atomic E-state index is 12.3. The molecule has 3 rings (SSSR count). The molecule has 1 amide bonds. The number of carbonyl (C=O) groups excluding carboxylic acids is 1. The summed E-state index contributed by atoms with van der Waals surface area (Å²) >= 11 is 0. The molecule has 108 valence electrons. The quantitative estimate of drug-likeness (QED) is 0.897. The zero-order chi connectivity index (χ0) is 14.8. The van der Waals surface area contributed by atoms with E-state index in [2.05, 4.69) is 0 Å². The highest BCUT2D eigenvalue weighted by Crippen LogP contribution is 2.31. The molecule has 1 aliphatic heterocycles. The highest BCUT2D eigenvalue weighted by atomic mass is 16.3. The van der Waals surface area contributed by atoms with Crippen molar-refractivity contribution in [2.45, 2.75) is 18.7 Å². The summed E-state index contributed by atoms with van der Waals surface area (Å²) in [6, 6.07) is 16.8. The lowest BCUT2D eigenvalue weighted by atomic mass is 10.1. The van der Waals surface area contributed by atoms with Crippen molar-refractivity contribution in [2.24, 2.45) is 5.73 Å². The topological polar surface area (TPSA) is 66.6 Å². The van der Waals surface area contributed by atoms with E-state index < -0.39 is 6.23 Å². The summed E-state index contributed by atoms with van der Waals surface area (Å²) in [6.07, 6.45) is -0.219. The molecule has 0 radical (unpaired) electrons. The van der Waals surface area contributed by atoms with Crippen molar-refractivity contribution in [2.75, 3.05) is 6.54 Å². The van der Waals surface area contributed by atoms with Gasteiger partial charge in [-0.15, -0.1) is 0 Å². The van der Waals surface area contributed by atoms with Gasteiger partial charge in [-0.3, -0.25) is 4.79 Å². The van der Waals surface area contributed by atoms with E-state index in [0.717, 1.165) is 5.56 Å². The highest BCUT2D eigenvalue weighted by Gasteiger charge is 2.35. The second-order valence-electron chi connectivity index (χ2n) is 5.37. The Morgan fingerprint density at radius 3 is 2.48 bits per heavy atom. The molecule has 0 aromatic heterocycles. The molecule has 0 bridgehead atoms. The SMILES string of the molecule is N[C@@H](Cc1ccccc1)CN1C(=O)c2ccccc2C1O. The minimum absolute atomic E-state index is 0.151. The fraction of sp³-hybridized carbons (Fsp3) is 0.235. The van der Waals surface area contributed by atoms with Crippen molar-refractivity contribution >= 4 is 5.91 Å². The molecule has 0 saturated carbocycles. The molecule has 0 aliphatic carbocycles. The lowest BCUT2D eigenvalue weighted by molar-refractivity contribution is 0.0151. The Kier molecular flexibility index (Phi) is 3.73. The van der Waals surface area contributed by atoms with E-state index in [1.165, 1.54) is 4.90 Å². The number of aliphatic hydroxyl groups is 1. The van der Waals surface area contributed by atoms with Crippen LogP contribution in [0.15, 0.2) is 54.6 Å². The van der Waals surface area contributed by atoms with Crippen LogP contribution in [0, 0.1) is 0 Å². The summed E-state index contributed by atoms with van der Waals surface area (Å²) in [5.41, 5.74) is 8.50. The van der Waals surface area contributed by atoms with Gasteiger partial charge in [-0.25, -0.2) is 0 Å². The molecule has 21 heavy (non-hydrogen) atoms. The van der Waals surface area contributed by atoms with Gasteiger partial charge in [0.15, 0.2) is 6.23 Å². The first-order valence-corrected chi connectivity index (χ1v) is 7.04. The summed E-state index contributed by atoms with van der Waals surface area (Å²) in [5.74, 6) is -0.151. The van der Waals surface area contributed by atoms with Gasteiger partial charge in [-0.05, 0) is 18.1 Å². The van der Waals surface area contributed by atoms with Crippen molar-refractivity contribution in [1.82, 2.24) is 4.90 Å². The second-order valence-corrected chi connectivity index (χ2v) is 5.37. The summed E-state index contributed by atoms with van der Waals surface area (Å²) in [5, 5.41) is 10.3. The molecule has 1 unspecified atom stereocenters. The molecular weight excluding hydrogens is 264 g/mol. The fourth-order valence-electron chi connectivity index (χ4n) is 2.77. The molecule has 1 aliphatic rings. The van der Waals surface area contributed by atoms with Crippen LogP contribution in [-0.2, 0) is 6.42 Å². The van der Waals surface area contributed by atoms with Crippen molar-refractivity contribution < 1.29 is 9.90 Å². The summed E-state index contributed by atoms with van der Waals surface area (Å²) in [7, 11) is 0. The van der Waals surface area contributed by atoms with Gasteiger partial charge in [0.1, 0.15) is 0 Å². The largest absolute Gasteiger partial charge is 0.369 e. The Labute approximate surface area is 123 Å². The highest BCUT2D eigenvalue weighted by molar-refractivity contribution is 5.98. The van der Waals surface area contributed by atoms with Crippen LogP contribution in [-0.4, -0.2) is 28.5 Å². The van der Waals surface area contributed by atoms with Gasteiger partial charge in [-0.2, -0.15) is 0 Å². The van der Waals surface area contributed by atoms with Crippen LogP contribution in [0.3, 0.4) is 0 Å². The molecule has 4 nitrogen and oxygen atoms in total. The summed E-state index contributed by atoms with van der Waals surface area (Å²) in [4.78, 5) is 13.7. The summed E-state index contributed by atoms with van der Waals surface area (Å²) < 4.78 is 0. The van der Waals surface area contributed by atoms with Gasteiger partial charge >= 0.3 is 0 Å². The number of benzene rings is 2. The van der Waals surface area contributed by atoms with E-state index in [1.807, 2.05) is 36.4 Å². The van der Waals surface area contributed by atoms with Gasteiger partial charge in [0.05, 0.1) is 0 Å². The number of hydrogen-bond donors (Lipinski definition) is 2.